The predicted molar refractivity (Wildman–Crippen MR) is 101 cm³/mol. The second-order valence-corrected chi connectivity index (χ2v) is 6.74. The third-order valence-electron chi connectivity index (χ3n) is 3.53. The number of halogens is 1. The Hall–Kier alpha value is -2.93. The number of thiazole rings is 1. The van der Waals surface area contributed by atoms with Gasteiger partial charge < -0.3 is 10.2 Å². The van der Waals surface area contributed by atoms with Crippen molar-refractivity contribution < 1.29 is 14.6 Å². The van der Waals surface area contributed by atoms with Gasteiger partial charge in [-0.2, -0.15) is 5.10 Å². The summed E-state index contributed by atoms with van der Waals surface area (Å²) < 4.78 is 15.8. The van der Waals surface area contributed by atoms with Gasteiger partial charge in [0.1, 0.15) is 17.3 Å². The van der Waals surface area contributed by atoms with E-state index >= 15 is 0 Å². The Morgan fingerprint density at radius 2 is 1.92 bits per heavy atom. The molecular formula is C19H18FN3O2S. The van der Waals surface area contributed by atoms with Gasteiger partial charge >= 0.3 is 0 Å². The van der Waals surface area contributed by atoms with Crippen molar-refractivity contribution in [2.45, 2.75) is 19.9 Å². The van der Waals surface area contributed by atoms with Gasteiger partial charge in [0.2, 0.25) is 4.80 Å². The molecule has 0 spiro atoms. The molecule has 5 nitrogen and oxygen atoms in total. The summed E-state index contributed by atoms with van der Waals surface area (Å²) in [4.78, 5) is 5.15. The summed E-state index contributed by atoms with van der Waals surface area (Å²) in [5.74, 6) is -0.484. The lowest BCUT2D eigenvalue weighted by molar-refractivity contribution is 0.450. The highest BCUT2D eigenvalue weighted by atomic mass is 32.1. The summed E-state index contributed by atoms with van der Waals surface area (Å²) in [6, 6.07) is 10.7. The lowest BCUT2D eigenvalue weighted by Gasteiger charge is -2.05. The SMILES string of the molecule is CC(C)N=c1scc(-c2ccccc2F)n1N=Cc1ccc(O)cc1O. The third-order valence-corrected chi connectivity index (χ3v) is 4.36. The van der Waals surface area contributed by atoms with Gasteiger partial charge in [0.25, 0.3) is 0 Å². The van der Waals surface area contributed by atoms with E-state index in [0.29, 0.717) is 21.6 Å². The molecule has 1 heterocycles. The highest BCUT2D eigenvalue weighted by Crippen LogP contribution is 2.24. The minimum absolute atomic E-state index is 0.0367. The van der Waals surface area contributed by atoms with Crippen molar-refractivity contribution in [3.05, 3.63) is 64.0 Å². The quantitative estimate of drug-likeness (QED) is 0.682. The maximum absolute atomic E-state index is 14.2. The van der Waals surface area contributed by atoms with Crippen LogP contribution in [-0.4, -0.2) is 27.1 Å². The van der Waals surface area contributed by atoms with Crippen molar-refractivity contribution in [2.24, 2.45) is 10.1 Å². The summed E-state index contributed by atoms with van der Waals surface area (Å²) in [5, 5.41) is 25.5. The molecule has 0 aliphatic heterocycles. The topological polar surface area (TPSA) is 70.1 Å². The average molecular weight is 371 g/mol. The Bertz CT molecular complexity index is 1020. The maximum Gasteiger partial charge on any atom is 0.206 e. The average Bonchev–Trinajstić information content (AvgIpc) is 2.96. The molecule has 3 aromatic rings. The van der Waals surface area contributed by atoms with Gasteiger partial charge in [-0.05, 0) is 38.1 Å². The zero-order chi connectivity index (χ0) is 18.7. The number of hydrogen-bond donors (Lipinski definition) is 2. The van der Waals surface area contributed by atoms with Crippen molar-refractivity contribution in [1.29, 1.82) is 0 Å². The summed E-state index contributed by atoms with van der Waals surface area (Å²) >= 11 is 1.36. The third kappa shape index (κ3) is 3.83. The first-order valence-electron chi connectivity index (χ1n) is 8.01. The number of hydrogen-bond acceptors (Lipinski definition) is 5. The first-order chi connectivity index (χ1) is 12.5. The van der Waals surface area contributed by atoms with Crippen LogP contribution in [0.5, 0.6) is 11.5 Å². The van der Waals surface area contributed by atoms with Crippen molar-refractivity contribution >= 4 is 17.6 Å². The highest BCUT2D eigenvalue weighted by molar-refractivity contribution is 7.07. The van der Waals surface area contributed by atoms with Gasteiger partial charge in [-0.1, -0.05) is 12.1 Å². The molecule has 0 amide bonds. The molecule has 134 valence electrons. The Balaban J connectivity index is 2.13. The smallest absolute Gasteiger partial charge is 0.206 e. The Kier molecular flexibility index (Phi) is 5.18. The lowest BCUT2D eigenvalue weighted by Crippen LogP contribution is -2.14. The Labute approximate surface area is 154 Å². The van der Waals surface area contributed by atoms with E-state index in [-0.39, 0.29) is 23.4 Å². The fourth-order valence-electron chi connectivity index (χ4n) is 2.34. The predicted octanol–water partition coefficient (Wildman–Crippen LogP) is 3.96. The second-order valence-electron chi connectivity index (χ2n) is 5.91. The number of nitrogens with zero attached hydrogens (tertiary/aromatic N) is 3. The van der Waals surface area contributed by atoms with Crippen LogP contribution >= 0.6 is 11.3 Å². The first-order valence-corrected chi connectivity index (χ1v) is 8.89. The van der Waals surface area contributed by atoms with Gasteiger partial charge in [-0.25, -0.2) is 9.07 Å². The Morgan fingerprint density at radius 3 is 2.62 bits per heavy atom. The van der Waals surface area contributed by atoms with Crippen LogP contribution in [0.2, 0.25) is 0 Å². The van der Waals surface area contributed by atoms with E-state index in [1.54, 1.807) is 34.3 Å². The van der Waals surface area contributed by atoms with E-state index in [2.05, 4.69) is 10.1 Å². The van der Waals surface area contributed by atoms with E-state index in [1.165, 1.54) is 35.8 Å². The molecule has 0 aliphatic carbocycles. The number of benzene rings is 2. The van der Waals surface area contributed by atoms with Crippen LogP contribution in [0.15, 0.2) is 57.9 Å². The standard InChI is InChI=1S/C19H18FN3O2S/c1-12(2)22-19-23(21-10-13-7-8-14(24)9-18(13)25)17(11-26-19)15-5-3-4-6-16(15)20/h3-12,24-25H,1-2H3. The van der Waals surface area contributed by atoms with Crippen LogP contribution in [0, 0.1) is 5.82 Å². The van der Waals surface area contributed by atoms with E-state index in [1.807, 2.05) is 13.8 Å². The van der Waals surface area contributed by atoms with Crippen molar-refractivity contribution in [2.75, 3.05) is 0 Å². The van der Waals surface area contributed by atoms with Crippen molar-refractivity contribution in [3.63, 3.8) is 0 Å². The molecule has 0 atom stereocenters. The van der Waals surface area contributed by atoms with E-state index < -0.39 is 0 Å². The minimum Gasteiger partial charge on any atom is -0.508 e. The summed E-state index contributed by atoms with van der Waals surface area (Å²) in [5.41, 5.74) is 1.42. The van der Waals surface area contributed by atoms with Crippen LogP contribution in [0.4, 0.5) is 4.39 Å². The molecule has 0 fully saturated rings. The summed E-state index contributed by atoms with van der Waals surface area (Å²) in [7, 11) is 0. The van der Waals surface area contributed by atoms with E-state index in [9.17, 15) is 14.6 Å². The van der Waals surface area contributed by atoms with Crippen LogP contribution in [0.3, 0.4) is 0 Å². The molecule has 0 saturated heterocycles. The molecule has 3 rings (SSSR count). The minimum atomic E-state index is -0.349. The lowest BCUT2D eigenvalue weighted by atomic mass is 10.1. The number of aromatic nitrogens is 1. The summed E-state index contributed by atoms with van der Waals surface area (Å²) in [6.45, 7) is 3.89. The monoisotopic (exact) mass is 371 g/mol. The number of rotatable bonds is 4. The number of phenolic OH excluding ortho intramolecular Hbond substituents is 2. The molecule has 1 aromatic heterocycles. The van der Waals surface area contributed by atoms with Crippen LogP contribution in [-0.2, 0) is 0 Å². The second kappa shape index (κ2) is 7.53. The summed E-state index contributed by atoms with van der Waals surface area (Å²) in [6.07, 6.45) is 1.45. The molecule has 0 aliphatic rings. The highest BCUT2D eigenvalue weighted by Gasteiger charge is 2.12. The van der Waals surface area contributed by atoms with Crippen molar-refractivity contribution in [1.82, 2.24) is 4.68 Å². The molecular weight excluding hydrogens is 353 g/mol. The largest absolute Gasteiger partial charge is 0.508 e. The zero-order valence-corrected chi connectivity index (χ0v) is 15.1. The fourth-order valence-corrected chi connectivity index (χ4v) is 3.30. The van der Waals surface area contributed by atoms with Gasteiger partial charge in [0.05, 0.1) is 11.9 Å². The molecule has 0 unspecified atom stereocenters. The molecule has 7 heteroatoms. The molecule has 0 bridgehead atoms. The Morgan fingerprint density at radius 1 is 1.15 bits per heavy atom. The van der Waals surface area contributed by atoms with Crippen molar-refractivity contribution in [3.8, 4) is 22.8 Å². The van der Waals surface area contributed by atoms with Gasteiger partial charge in [0, 0.05) is 28.6 Å². The number of phenols is 2. The molecule has 2 aromatic carbocycles. The van der Waals surface area contributed by atoms with E-state index in [4.69, 9.17) is 0 Å². The van der Waals surface area contributed by atoms with E-state index in [0.717, 1.165) is 0 Å². The fraction of sp³-hybridized carbons (Fsp3) is 0.158. The van der Waals surface area contributed by atoms with Gasteiger partial charge in [-0.15, -0.1) is 11.3 Å². The molecule has 0 radical (unpaired) electrons. The normalized spacial score (nSPS) is 12.4. The molecule has 26 heavy (non-hydrogen) atoms. The van der Waals surface area contributed by atoms with Gasteiger partial charge in [-0.3, -0.25) is 4.99 Å². The molecule has 2 N–H and O–H groups in total. The zero-order valence-electron chi connectivity index (χ0n) is 14.3. The van der Waals surface area contributed by atoms with Crippen LogP contribution in [0.1, 0.15) is 19.4 Å². The van der Waals surface area contributed by atoms with Crippen LogP contribution < -0.4 is 4.80 Å². The van der Waals surface area contributed by atoms with Gasteiger partial charge in [0.15, 0.2) is 0 Å². The van der Waals surface area contributed by atoms with Crippen LogP contribution in [0.25, 0.3) is 11.3 Å². The molecule has 0 saturated carbocycles. The first kappa shape index (κ1) is 17.9. The maximum atomic E-state index is 14.2. The number of aromatic hydroxyl groups is 2.